The molecule has 0 amide bonds. The van der Waals surface area contributed by atoms with E-state index in [1.807, 2.05) is 32.2 Å². The molecule has 2 fully saturated rings. The molecule has 0 spiro atoms. The van der Waals surface area contributed by atoms with Crippen LogP contribution in [0.15, 0.2) is 11.0 Å². The molecule has 214 valence electrons. The lowest BCUT2D eigenvalue weighted by Gasteiger charge is -2.34. The Labute approximate surface area is 231 Å². The van der Waals surface area contributed by atoms with E-state index in [1.54, 1.807) is 32.1 Å². The Morgan fingerprint density at radius 1 is 1.26 bits per heavy atom. The summed E-state index contributed by atoms with van der Waals surface area (Å²) in [4.78, 5) is 33.2. The molecule has 8 atom stereocenters. The first-order valence-electron chi connectivity index (χ1n) is 13.8. The third-order valence-corrected chi connectivity index (χ3v) is 9.73. The average molecular weight is 551 g/mol. The molecule has 1 aromatic heterocycles. The molecule has 3 rings (SSSR count). The highest BCUT2D eigenvalue weighted by Crippen LogP contribution is 2.48. The Kier molecular flexibility index (Phi) is 9.96. The van der Waals surface area contributed by atoms with Gasteiger partial charge < -0.3 is 20.1 Å². The van der Waals surface area contributed by atoms with E-state index in [2.05, 4.69) is 16.8 Å². The highest BCUT2D eigenvalue weighted by Gasteiger charge is 2.58. The van der Waals surface area contributed by atoms with E-state index in [1.165, 1.54) is 0 Å². The number of aromatic nitrogens is 1. The zero-order chi connectivity index (χ0) is 28.4. The molecule has 2 aliphatic rings. The van der Waals surface area contributed by atoms with Crippen molar-refractivity contribution in [2.45, 2.75) is 110 Å². The standard InChI is InChI=1S/C29H46N2O6S/c1-17-9-8-10-29(7)23(31(29)11-12-32)14-22(18(2)13-21-16-38-20(4)30-21)37-25(34)15-24(33)28(5,6)27(36)19(3)26(17)35/h13,16-17,19,22-24,26,32-33,35H,8-12,14-15H2,1-7H3/b18-13+/t17-,19+,22-,23-,24-,26?,29+,31?/m0/s1. The van der Waals surface area contributed by atoms with Crippen LogP contribution in [0, 0.1) is 24.2 Å². The van der Waals surface area contributed by atoms with Crippen LogP contribution in [-0.2, 0) is 14.3 Å². The van der Waals surface area contributed by atoms with Crippen molar-refractivity contribution < 1.29 is 29.6 Å². The van der Waals surface area contributed by atoms with Crippen LogP contribution in [0.3, 0.4) is 0 Å². The second kappa shape index (κ2) is 12.3. The molecule has 2 aliphatic heterocycles. The number of carbonyl (C=O) groups excluding carboxylic acids is 2. The van der Waals surface area contributed by atoms with Gasteiger partial charge in [-0.15, -0.1) is 11.3 Å². The number of hydrogen-bond donors (Lipinski definition) is 3. The van der Waals surface area contributed by atoms with Crippen molar-refractivity contribution in [1.82, 2.24) is 9.88 Å². The van der Waals surface area contributed by atoms with Crippen molar-refractivity contribution in [2.75, 3.05) is 13.2 Å². The predicted molar refractivity (Wildman–Crippen MR) is 149 cm³/mol. The highest BCUT2D eigenvalue weighted by atomic mass is 32.1. The number of aliphatic hydroxyl groups is 3. The minimum Gasteiger partial charge on any atom is -0.458 e. The van der Waals surface area contributed by atoms with Gasteiger partial charge in [0.25, 0.3) is 0 Å². The number of aryl methyl sites for hydroxylation is 1. The lowest BCUT2D eigenvalue weighted by Crippen LogP contribution is -2.45. The van der Waals surface area contributed by atoms with Crippen molar-refractivity contribution in [1.29, 1.82) is 0 Å². The zero-order valence-corrected chi connectivity index (χ0v) is 24.8. The molecule has 9 heteroatoms. The number of fused-ring (bicyclic) bond motifs is 1. The summed E-state index contributed by atoms with van der Waals surface area (Å²) < 4.78 is 5.98. The van der Waals surface area contributed by atoms with Crippen LogP contribution >= 0.6 is 11.3 Å². The number of cyclic esters (lactones) is 1. The maximum absolute atomic E-state index is 13.3. The number of Topliss-reactive ketones (excluding diaryl/α,β-unsaturated/α-hetero) is 1. The summed E-state index contributed by atoms with van der Waals surface area (Å²) in [6.07, 6.45) is 2.05. The van der Waals surface area contributed by atoms with E-state index in [9.17, 15) is 24.9 Å². The van der Waals surface area contributed by atoms with E-state index < -0.39 is 35.6 Å². The quantitative estimate of drug-likeness (QED) is 0.383. The van der Waals surface area contributed by atoms with Crippen LogP contribution in [-0.4, -0.2) is 80.0 Å². The first kappa shape index (κ1) is 30.9. The van der Waals surface area contributed by atoms with Crippen molar-refractivity contribution in [3.05, 3.63) is 21.7 Å². The van der Waals surface area contributed by atoms with Gasteiger partial charge in [-0.3, -0.25) is 14.5 Å². The number of ether oxygens (including phenoxy) is 1. The molecule has 0 aliphatic carbocycles. The van der Waals surface area contributed by atoms with Crippen LogP contribution in [0.1, 0.15) is 84.3 Å². The lowest BCUT2D eigenvalue weighted by molar-refractivity contribution is -0.154. The molecule has 38 heavy (non-hydrogen) atoms. The Morgan fingerprint density at radius 2 is 1.95 bits per heavy atom. The highest BCUT2D eigenvalue weighted by molar-refractivity contribution is 7.09. The fourth-order valence-corrected chi connectivity index (χ4v) is 6.63. The van der Waals surface area contributed by atoms with E-state index in [0.29, 0.717) is 13.0 Å². The Morgan fingerprint density at radius 3 is 2.55 bits per heavy atom. The number of nitrogens with zero attached hydrogens (tertiary/aromatic N) is 2. The molecule has 1 aromatic rings. The molecule has 0 bridgehead atoms. The van der Waals surface area contributed by atoms with E-state index >= 15 is 0 Å². The van der Waals surface area contributed by atoms with Gasteiger partial charge in [-0.1, -0.05) is 34.1 Å². The largest absolute Gasteiger partial charge is 0.458 e. The molecular formula is C29H46N2O6S. The monoisotopic (exact) mass is 550 g/mol. The molecule has 8 nitrogen and oxygen atoms in total. The van der Waals surface area contributed by atoms with Crippen molar-refractivity contribution in [3.8, 4) is 0 Å². The van der Waals surface area contributed by atoms with Crippen LogP contribution in [0.5, 0.6) is 0 Å². The molecular weight excluding hydrogens is 504 g/mol. The molecule has 3 N–H and O–H groups in total. The maximum Gasteiger partial charge on any atom is 0.309 e. The number of thiazole rings is 1. The summed E-state index contributed by atoms with van der Waals surface area (Å²) in [6, 6.07) is 0.114. The summed E-state index contributed by atoms with van der Waals surface area (Å²) in [5, 5.41) is 34.5. The van der Waals surface area contributed by atoms with Gasteiger partial charge in [0.1, 0.15) is 11.9 Å². The van der Waals surface area contributed by atoms with Gasteiger partial charge >= 0.3 is 5.97 Å². The predicted octanol–water partition coefficient (Wildman–Crippen LogP) is 3.76. The molecule has 2 unspecified atom stereocenters. The number of hydrogen-bond acceptors (Lipinski definition) is 9. The van der Waals surface area contributed by atoms with Crippen LogP contribution in [0.2, 0.25) is 0 Å². The van der Waals surface area contributed by atoms with Gasteiger partial charge in [-0.25, -0.2) is 4.98 Å². The van der Waals surface area contributed by atoms with E-state index in [4.69, 9.17) is 4.74 Å². The normalized spacial score (nSPS) is 37.4. The summed E-state index contributed by atoms with van der Waals surface area (Å²) in [5.74, 6) is -1.60. The number of carbonyl (C=O) groups is 2. The summed E-state index contributed by atoms with van der Waals surface area (Å²) >= 11 is 1.55. The summed E-state index contributed by atoms with van der Waals surface area (Å²) in [7, 11) is 0. The van der Waals surface area contributed by atoms with Crippen molar-refractivity contribution >= 4 is 29.2 Å². The van der Waals surface area contributed by atoms with Gasteiger partial charge in [0, 0.05) is 35.8 Å². The Balaban J connectivity index is 1.93. The lowest BCUT2D eigenvalue weighted by atomic mass is 9.73. The molecule has 0 aromatic carbocycles. The van der Waals surface area contributed by atoms with Gasteiger partial charge in [0.2, 0.25) is 0 Å². The van der Waals surface area contributed by atoms with E-state index in [-0.39, 0.29) is 36.3 Å². The number of ketones is 1. The van der Waals surface area contributed by atoms with Gasteiger partial charge in [-0.2, -0.15) is 0 Å². The minimum atomic E-state index is -1.25. The fraction of sp³-hybridized carbons (Fsp3) is 0.759. The molecule has 0 radical (unpaired) electrons. The first-order chi connectivity index (χ1) is 17.7. The summed E-state index contributed by atoms with van der Waals surface area (Å²) in [6.45, 7) is 13.5. The first-order valence-corrected chi connectivity index (χ1v) is 14.7. The molecule has 0 saturated carbocycles. The minimum absolute atomic E-state index is 0.0412. The van der Waals surface area contributed by atoms with Crippen LogP contribution < -0.4 is 0 Å². The number of esters is 1. The third-order valence-electron chi connectivity index (χ3n) is 8.93. The maximum atomic E-state index is 13.3. The van der Waals surface area contributed by atoms with Crippen molar-refractivity contribution in [2.24, 2.45) is 17.3 Å². The number of rotatable bonds is 4. The van der Waals surface area contributed by atoms with Gasteiger partial charge in [0.05, 0.1) is 41.4 Å². The zero-order valence-electron chi connectivity index (χ0n) is 23.9. The smallest absolute Gasteiger partial charge is 0.309 e. The summed E-state index contributed by atoms with van der Waals surface area (Å²) in [5.41, 5.74) is 0.294. The SMILES string of the molecule is C/C(=C\c1csc(C)n1)[C@@H]1C[C@@H]2N(CCO)[C@]2(C)CCC[C@H](C)C(O)[C@@H](C)C(=O)C(C)(C)[C@@H](O)CC(=O)O1. The van der Waals surface area contributed by atoms with Crippen molar-refractivity contribution in [3.63, 3.8) is 0 Å². The number of β-amino-alcohol motifs (C(OH)–C–C–N with tert-alkyl or cyclic N) is 1. The molecule has 3 heterocycles. The second-order valence-electron chi connectivity index (χ2n) is 12.1. The topological polar surface area (TPSA) is 120 Å². The van der Waals surface area contributed by atoms with E-state index in [0.717, 1.165) is 35.5 Å². The Hall–Kier alpha value is -1.65. The number of aliphatic hydroxyl groups excluding tert-OH is 3. The van der Waals surface area contributed by atoms with Gasteiger partial charge in [0.15, 0.2) is 0 Å². The average Bonchev–Trinajstić information content (AvgIpc) is 3.15. The van der Waals surface area contributed by atoms with Crippen LogP contribution in [0.4, 0.5) is 0 Å². The molecule has 2 saturated heterocycles. The second-order valence-corrected chi connectivity index (χ2v) is 13.2. The third kappa shape index (κ3) is 6.73. The fourth-order valence-electron chi connectivity index (χ4n) is 6.06. The van der Waals surface area contributed by atoms with Crippen LogP contribution in [0.25, 0.3) is 6.08 Å². The Bertz CT molecular complexity index is 1020. The van der Waals surface area contributed by atoms with Gasteiger partial charge in [-0.05, 0) is 51.2 Å².